The molecule has 1 aliphatic carbocycles. The van der Waals surface area contributed by atoms with Crippen molar-refractivity contribution in [3.8, 4) is 0 Å². The molecule has 0 unspecified atom stereocenters. The molecule has 0 saturated heterocycles. The maximum absolute atomic E-state index is 10.7. The summed E-state index contributed by atoms with van der Waals surface area (Å²) >= 11 is 0. The van der Waals surface area contributed by atoms with Crippen LogP contribution < -0.4 is 5.73 Å². The summed E-state index contributed by atoms with van der Waals surface area (Å²) in [4.78, 5) is 10.7. The molecule has 0 bridgehead atoms. The van der Waals surface area contributed by atoms with Gasteiger partial charge in [-0.3, -0.25) is 4.79 Å². The number of aliphatic carboxylic acids is 1. The largest absolute Gasteiger partial charge is 0.481 e. The van der Waals surface area contributed by atoms with E-state index in [4.69, 9.17) is 10.8 Å². The smallest absolute Gasteiger partial charge is 0.308 e. The van der Waals surface area contributed by atoms with Gasteiger partial charge in [0.05, 0.1) is 5.92 Å². The zero-order valence-corrected chi connectivity index (χ0v) is 8.30. The Morgan fingerprint density at radius 1 is 1.46 bits per heavy atom. The number of carboxylic acid groups (broad SMARTS) is 1. The molecular weight excluding hydrogens is 190 g/mol. The van der Waals surface area contributed by atoms with Gasteiger partial charge in [0.2, 0.25) is 0 Å². The van der Waals surface area contributed by atoms with Crippen LogP contribution in [0.2, 0.25) is 0 Å². The van der Waals surface area contributed by atoms with Gasteiger partial charge >= 0.3 is 5.97 Å². The Balaban J connectivity index is 0.00000144. The van der Waals surface area contributed by atoms with E-state index in [0.717, 1.165) is 19.3 Å². The lowest BCUT2D eigenvalue weighted by atomic mass is 9.91. The first-order chi connectivity index (χ1) is 5.72. The van der Waals surface area contributed by atoms with E-state index < -0.39 is 5.97 Å². The average Bonchev–Trinajstić information content (AvgIpc) is 1.96. The SMILES string of the molecule is Cl.N[C@@H]1/C=C\CCCC[C@@H]1C(=O)O. The van der Waals surface area contributed by atoms with Gasteiger partial charge < -0.3 is 10.8 Å². The lowest BCUT2D eigenvalue weighted by molar-refractivity contribution is -0.142. The standard InChI is InChI=1S/C9H15NO2.ClH/c10-8-6-4-2-1-3-5-7(8)9(11)12;/h4,6-8H,1-3,5,10H2,(H,11,12);1H/b6-4-;/t7-,8+;/m0./s1. The second-order valence-electron chi connectivity index (χ2n) is 3.23. The van der Waals surface area contributed by atoms with Crippen molar-refractivity contribution in [1.29, 1.82) is 0 Å². The minimum Gasteiger partial charge on any atom is -0.481 e. The predicted octanol–water partition coefficient (Wildman–Crippen LogP) is 1.57. The molecule has 0 aliphatic heterocycles. The van der Waals surface area contributed by atoms with Crippen LogP contribution in [0, 0.1) is 5.92 Å². The molecule has 0 aromatic rings. The van der Waals surface area contributed by atoms with Crippen LogP contribution in [0.15, 0.2) is 12.2 Å². The number of allylic oxidation sites excluding steroid dienone is 1. The minimum absolute atomic E-state index is 0. The Kier molecular flexibility index (Phi) is 5.75. The van der Waals surface area contributed by atoms with Crippen LogP contribution in [-0.2, 0) is 4.79 Å². The number of hydrogen-bond donors (Lipinski definition) is 2. The number of carboxylic acids is 1. The topological polar surface area (TPSA) is 63.3 Å². The molecule has 2 atom stereocenters. The maximum Gasteiger partial charge on any atom is 0.308 e. The quantitative estimate of drug-likeness (QED) is 0.639. The number of rotatable bonds is 1. The fourth-order valence-corrected chi connectivity index (χ4v) is 1.49. The Morgan fingerprint density at radius 3 is 2.77 bits per heavy atom. The van der Waals surface area contributed by atoms with Crippen LogP contribution in [0.25, 0.3) is 0 Å². The van der Waals surface area contributed by atoms with Gasteiger partial charge in [-0.05, 0) is 19.3 Å². The first kappa shape index (κ1) is 12.5. The molecule has 0 aromatic heterocycles. The Morgan fingerprint density at radius 2 is 2.15 bits per heavy atom. The summed E-state index contributed by atoms with van der Waals surface area (Å²) in [6.07, 6.45) is 7.58. The lowest BCUT2D eigenvalue weighted by Crippen LogP contribution is -2.34. The first-order valence-corrected chi connectivity index (χ1v) is 4.37. The summed E-state index contributed by atoms with van der Waals surface area (Å²) in [5.41, 5.74) is 5.68. The number of halogens is 1. The highest BCUT2D eigenvalue weighted by atomic mass is 35.5. The molecule has 4 heteroatoms. The van der Waals surface area contributed by atoms with Gasteiger partial charge in [0, 0.05) is 6.04 Å². The fourth-order valence-electron chi connectivity index (χ4n) is 1.49. The third kappa shape index (κ3) is 3.79. The summed E-state index contributed by atoms with van der Waals surface area (Å²) < 4.78 is 0. The molecule has 0 aromatic carbocycles. The van der Waals surface area contributed by atoms with Gasteiger partial charge in [0.25, 0.3) is 0 Å². The molecule has 0 heterocycles. The van der Waals surface area contributed by atoms with Crippen molar-refractivity contribution in [1.82, 2.24) is 0 Å². The fraction of sp³-hybridized carbons (Fsp3) is 0.667. The van der Waals surface area contributed by atoms with Crippen LogP contribution in [0.1, 0.15) is 25.7 Å². The highest BCUT2D eigenvalue weighted by Gasteiger charge is 2.23. The van der Waals surface area contributed by atoms with Crippen molar-refractivity contribution >= 4 is 18.4 Å². The molecule has 1 aliphatic rings. The van der Waals surface area contributed by atoms with Gasteiger partial charge in [-0.25, -0.2) is 0 Å². The van der Waals surface area contributed by atoms with E-state index in [1.54, 1.807) is 0 Å². The third-order valence-electron chi connectivity index (χ3n) is 2.28. The van der Waals surface area contributed by atoms with Crippen molar-refractivity contribution in [2.24, 2.45) is 11.7 Å². The molecule has 0 spiro atoms. The average molecular weight is 206 g/mol. The molecule has 3 nitrogen and oxygen atoms in total. The monoisotopic (exact) mass is 205 g/mol. The molecule has 0 saturated carbocycles. The highest BCUT2D eigenvalue weighted by molar-refractivity contribution is 5.85. The van der Waals surface area contributed by atoms with Crippen LogP contribution in [-0.4, -0.2) is 17.1 Å². The molecule has 76 valence electrons. The zero-order valence-electron chi connectivity index (χ0n) is 7.48. The molecule has 3 N–H and O–H groups in total. The van der Waals surface area contributed by atoms with Crippen molar-refractivity contribution in [3.63, 3.8) is 0 Å². The van der Waals surface area contributed by atoms with Crippen LogP contribution in [0.5, 0.6) is 0 Å². The van der Waals surface area contributed by atoms with Gasteiger partial charge in [0.15, 0.2) is 0 Å². The van der Waals surface area contributed by atoms with Crippen molar-refractivity contribution in [2.45, 2.75) is 31.7 Å². The van der Waals surface area contributed by atoms with E-state index >= 15 is 0 Å². The van der Waals surface area contributed by atoms with Crippen LogP contribution in [0.4, 0.5) is 0 Å². The minimum atomic E-state index is -0.769. The van der Waals surface area contributed by atoms with Crippen molar-refractivity contribution in [3.05, 3.63) is 12.2 Å². The second kappa shape index (κ2) is 6.00. The second-order valence-corrected chi connectivity index (χ2v) is 3.23. The Labute approximate surface area is 84.4 Å². The van der Waals surface area contributed by atoms with Gasteiger partial charge in [0.1, 0.15) is 0 Å². The zero-order chi connectivity index (χ0) is 8.97. The summed E-state index contributed by atoms with van der Waals surface area (Å²) in [5, 5.41) is 8.81. The lowest BCUT2D eigenvalue weighted by Gasteiger charge is -2.18. The predicted molar refractivity (Wildman–Crippen MR) is 54.0 cm³/mol. The molecular formula is C9H16ClNO2. The Hall–Kier alpha value is -0.540. The summed E-state index contributed by atoms with van der Waals surface area (Å²) in [7, 11) is 0. The molecule has 1 rings (SSSR count). The van der Waals surface area contributed by atoms with Crippen molar-refractivity contribution in [2.75, 3.05) is 0 Å². The summed E-state index contributed by atoms with van der Waals surface area (Å²) in [6, 6.07) is -0.303. The summed E-state index contributed by atoms with van der Waals surface area (Å²) in [6.45, 7) is 0. The van der Waals surface area contributed by atoms with E-state index in [2.05, 4.69) is 0 Å². The van der Waals surface area contributed by atoms with E-state index in [9.17, 15) is 4.79 Å². The van der Waals surface area contributed by atoms with Gasteiger partial charge in [-0.15, -0.1) is 12.4 Å². The van der Waals surface area contributed by atoms with E-state index in [1.165, 1.54) is 0 Å². The molecule has 13 heavy (non-hydrogen) atoms. The van der Waals surface area contributed by atoms with E-state index in [-0.39, 0.29) is 24.4 Å². The highest BCUT2D eigenvalue weighted by Crippen LogP contribution is 2.17. The molecule has 0 radical (unpaired) electrons. The maximum atomic E-state index is 10.7. The number of carbonyl (C=O) groups is 1. The molecule has 0 amide bonds. The number of nitrogens with two attached hydrogens (primary N) is 1. The van der Waals surface area contributed by atoms with E-state index in [0.29, 0.717) is 6.42 Å². The number of hydrogen-bond acceptors (Lipinski definition) is 2. The van der Waals surface area contributed by atoms with E-state index in [1.807, 2.05) is 12.2 Å². The van der Waals surface area contributed by atoms with Crippen LogP contribution >= 0.6 is 12.4 Å². The van der Waals surface area contributed by atoms with Gasteiger partial charge in [-0.1, -0.05) is 18.6 Å². The van der Waals surface area contributed by atoms with Gasteiger partial charge in [-0.2, -0.15) is 0 Å². The van der Waals surface area contributed by atoms with Crippen LogP contribution in [0.3, 0.4) is 0 Å². The molecule has 0 fully saturated rings. The normalized spacial score (nSPS) is 30.8. The van der Waals surface area contributed by atoms with Crippen molar-refractivity contribution < 1.29 is 9.90 Å². The Bertz CT molecular complexity index is 194. The summed E-state index contributed by atoms with van der Waals surface area (Å²) in [5.74, 6) is -1.16. The third-order valence-corrected chi connectivity index (χ3v) is 2.28. The first-order valence-electron chi connectivity index (χ1n) is 4.37.